The fourth-order valence-corrected chi connectivity index (χ4v) is 2.45. The molecule has 0 bridgehead atoms. The topological polar surface area (TPSA) is 32.5 Å². The molecule has 3 nitrogen and oxygen atoms in total. The van der Waals surface area contributed by atoms with Gasteiger partial charge in [-0.2, -0.15) is 0 Å². The first-order valence-electron chi connectivity index (χ1n) is 6.12. The molecule has 4 heteroatoms. The van der Waals surface area contributed by atoms with Gasteiger partial charge in [0.2, 0.25) is 0 Å². The van der Waals surface area contributed by atoms with Crippen LogP contribution >= 0.6 is 11.6 Å². The first-order valence-corrected chi connectivity index (χ1v) is 6.50. The summed E-state index contributed by atoms with van der Waals surface area (Å²) in [6, 6.07) is 6.47. The zero-order valence-electron chi connectivity index (χ0n) is 10.5. The van der Waals surface area contributed by atoms with E-state index in [4.69, 9.17) is 17.3 Å². The normalized spacial score (nSPS) is 17.8. The van der Waals surface area contributed by atoms with Crippen LogP contribution in [0, 0.1) is 0 Å². The number of hydrogen-bond acceptors (Lipinski definition) is 3. The summed E-state index contributed by atoms with van der Waals surface area (Å²) in [6.07, 6.45) is 0. The number of nitrogens with zero attached hydrogens (tertiary/aromatic N) is 2. The molecule has 1 aliphatic heterocycles. The smallest absolute Gasteiger partial charge is 0.0741 e. The Morgan fingerprint density at radius 2 is 1.82 bits per heavy atom. The van der Waals surface area contributed by atoms with Crippen LogP contribution in [-0.2, 0) is 0 Å². The third kappa shape index (κ3) is 2.67. The van der Waals surface area contributed by atoms with Crippen molar-refractivity contribution in [2.75, 3.05) is 36.8 Å². The van der Waals surface area contributed by atoms with Gasteiger partial charge in [-0.25, -0.2) is 0 Å². The summed E-state index contributed by atoms with van der Waals surface area (Å²) in [6.45, 7) is 8.69. The Kier molecular flexibility index (Phi) is 3.79. The van der Waals surface area contributed by atoms with Crippen molar-refractivity contribution in [3.05, 3.63) is 23.2 Å². The SMILES string of the molecule is CC(C)N1CCN(c2cccc(Cl)c2N)CC1. The third-order valence-electron chi connectivity index (χ3n) is 3.42. The fourth-order valence-electron chi connectivity index (χ4n) is 2.28. The van der Waals surface area contributed by atoms with Gasteiger partial charge < -0.3 is 10.6 Å². The van der Waals surface area contributed by atoms with E-state index in [0.29, 0.717) is 16.8 Å². The molecule has 0 aliphatic carbocycles. The highest BCUT2D eigenvalue weighted by atomic mass is 35.5. The van der Waals surface area contributed by atoms with E-state index in [-0.39, 0.29) is 0 Å². The predicted octanol–water partition coefficient (Wildman–Crippen LogP) is 2.45. The molecular weight excluding hydrogens is 234 g/mol. The molecule has 0 amide bonds. The second-order valence-electron chi connectivity index (χ2n) is 4.79. The number of anilines is 2. The van der Waals surface area contributed by atoms with Crippen molar-refractivity contribution in [3.8, 4) is 0 Å². The minimum absolute atomic E-state index is 0.619. The molecule has 0 unspecified atom stereocenters. The first kappa shape index (κ1) is 12.5. The van der Waals surface area contributed by atoms with E-state index >= 15 is 0 Å². The Morgan fingerprint density at radius 3 is 2.41 bits per heavy atom. The maximum absolute atomic E-state index is 6.05. The van der Waals surface area contributed by atoms with Crippen molar-refractivity contribution in [2.45, 2.75) is 19.9 Å². The predicted molar refractivity (Wildman–Crippen MR) is 74.8 cm³/mol. The molecule has 1 heterocycles. The number of nitrogens with two attached hydrogens (primary N) is 1. The van der Waals surface area contributed by atoms with Gasteiger partial charge in [0.25, 0.3) is 0 Å². The number of hydrogen-bond donors (Lipinski definition) is 1. The molecule has 17 heavy (non-hydrogen) atoms. The standard InChI is InChI=1S/C13H20ClN3/c1-10(2)16-6-8-17(9-7-16)12-5-3-4-11(14)13(12)15/h3-5,10H,6-9,15H2,1-2H3. The van der Waals surface area contributed by atoms with E-state index in [1.165, 1.54) is 0 Å². The molecule has 1 aromatic rings. The van der Waals surface area contributed by atoms with Crippen molar-refractivity contribution < 1.29 is 0 Å². The minimum Gasteiger partial charge on any atom is -0.396 e. The zero-order chi connectivity index (χ0) is 12.4. The summed E-state index contributed by atoms with van der Waals surface area (Å²) in [4.78, 5) is 4.80. The highest BCUT2D eigenvalue weighted by molar-refractivity contribution is 6.33. The van der Waals surface area contributed by atoms with Crippen LogP contribution in [0.4, 0.5) is 11.4 Å². The summed E-state index contributed by atoms with van der Waals surface area (Å²) in [5.74, 6) is 0. The van der Waals surface area contributed by atoms with Crippen LogP contribution in [0.15, 0.2) is 18.2 Å². The van der Waals surface area contributed by atoms with Gasteiger partial charge in [-0.15, -0.1) is 0 Å². The molecule has 0 spiro atoms. The van der Waals surface area contributed by atoms with Crippen molar-refractivity contribution >= 4 is 23.0 Å². The Morgan fingerprint density at radius 1 is 1.18 bits per heavy atom. The number of halogens is 1. The molecule has 0 saturated carbocycles. The van der Waals surface area contributed by atoms with Crippen LogP contribution < -0.4 is 10.6 Å². The lowest BCUT2D eigenvalue weighted by atomic mass is 10.2. The molecule has 1 fully saturated rings. The lowest BCUT2D eigenvalue weighted by molar-refractivity contribution is 0.209. The third-order valence-corrected chi connectivity index (χ3v) is 3.74. The van der Waals surface area contributed by atoms with Crippen LogP contribution in [0.5, 0.6) is 0 Å². The van der Waals surface area contributed by atoms with Crippen molar-refractivity contribution in [1.29, 1.82) is 0 Å². The van der Waals surface area contributed by atoms with Crippen LogP contribution in [0.25, 0.3) is 0 Å². The highest BCUT2D eigenvalue weighted by Gasteiger charge is 2.20. The molecule has 94 valence electrons. The maximum Gasteiger partial charge on any atom is 0.0741 e. The number of rotatable bonds is 2. The van der Waals surface area contributed by atoms with E-state index in [1.807, 2.05) is 18.2 Å². The van der Waals surface area contributed by atoms with Gasteiger partial charge in [0.15, 0.2) is 0 Å². The van der Waals surface area contributed by atoms with E-state index in [9.17, 15) is 0 Å². The number of piperazine rings is 1. The van der Waals surface area contributed by atoms with Crippen molar-refractivity contribution in [1.82, 2.24) is 4.90 Å². The van der Waals surface area contributed by atoms with E-state index in [2.05, 4.69) is 23.6 Å². The molecule has 1 saturated heterocycles. The average molecular weight is 254 g/mol. The van der Waals surface area contributed by atoms with Gasteiger partial charge in [0.05, 0.1) is 16.4 Å². The van der Waals surface area contributed by atoms with E-state index in [1.54, 1.807) is 0 Å². The zero-order valence-corrected chi connectivity index (χ0v) is 11.2. The summed E-state index contributed by atoms with van der Waals surface area (Å²) in [5.41, 5.74) is 7.79. The summed E-state index contributed by atoms with van der Waals surface area (Å²) >= 11 is 6.05. The average Bonchev–Trinajstić information content (AvgIpc) is 2.33. The van der Waals surface area contributed by atoms with E-state index < -0.39 is 0 Å². The quantitative estimate of drug-likeness (QED) is 0.822. The lowest BCUT2D eigenvalue weighted by Crippen LogP contribution is -2.49. The Bertz CT molecular complexity index is 384. The summed E-state index contributed by atoms with van der Waals surface area (Å²) in [5, 5.41) is 0.647. The molecule has 1 aromatic carbocycles. The van der Waals surface area contributed by atoms with Gasteiger partial charge in [-0.3, -0.25) is 4.90 Å². The van der Waals surface area contributed by atoms with Gasteiger partial charge >= 0.3 is 0 Å². The van der Waals surface area contributed by atoms with Gasteiger partial charge in [0, 0.05) is 32.2 Å². The number of nitrogen functional groups attached to an aromatic ring is 1. The van der Waals surface area contributed by atoms with Crippen molar-refractivity contribution in [2.24, 2.45) is 0 Å². The van der Waals surface area contributed by atoms with Gasteiger partial charge in [0.1, 0.15) is 0 Å². The van der Waals surface area contributed by atoms with Gasteiger partial charge in [-0.1, -0.05) is 17.7 Å². The molecule has 2 N–H and O–H groups in total. The summed E-state index contributed by atoms with van der Waals surface area (Å²) < 4.78 is 0. The van der Waals surface area contributed by atoms with Crippen molar-refractivity contribution in [3.63, 3.8) is 0 Å². The monoisotopic (exact) mass is 253 g/mol. The Balaban J connectivity index is 2.08. The Hall–Kier alpha value is -0.930. The fraction of sp³-hybridized carbons (Fsp3) is 0.538. The minimum atomic E-state index is 0.619. The maximum atomic E-state index is 6.05. The number of para-hydroxylation sites is 1. The molecule has 2 rings (SSSR count). The number of benzene rings is 1. The molecule has 0 aromatic heterocycles. The van der Waals surface area contributed by atoms with E-state index in [0.717, 1.165) is 31.9 Å². The second-order valence-corrected chi connectivity index (χ2v) is 5.20. The molecular formula is C13H20ClN3. The largest absolute Gasteiger partial charge is 0.396 e. The second kappa shape index (κ2) is 5.15. The molecule has 1 aliphatic rings. The Labute approximate surface area is 108 Å². The first-order chi connectivity index (χ1) is 8.09. The van der Waals surface area contributed by atoms with Crippen LogP contribution in [0.3, 0.4) is 0 Å². The van der Waals surface area contributed by atoms with Gasteiger partial charge in [-0.05, 0) is 26.0 Å². The summed E-state index contributed by atoms with van der Waals surface area (Å²) in [7, 11) is 0. The van der Waals surface area contributed by atoms with Crippen LogP contribution in [0.1, 0.15) is 13.8 Å². The lowest BCUT2D eigenvalue weighted by Gasteiger charge is -2.38. The molecule has 0 atom stereocenters. The van der Waals surface area contributed by atoms with Crippen LogP contribution in [0.2, 0.25) is 5.02 Å². The molecule has 0 radical (unpaired) electrons. The van der Waals surface area contributed by atoms with Crippen LogP contribution in [-0.4, -0.2) is 37.1 Å². The highest BCUT2D eigenvalue weighted by Crippen LogP contribution is 2.30.